The molecule has 0 aromatic carbocycles. The van der Waals surface area contributed by atoms with E-state index in [4.69, 9.17) is 9.47 Å². The molecule has 0 radical (unpaired) electrons. The summed E-state index contributed by atoms with van der Waals surface area (Å²) in [5.41, 5.74) is 0.360. The van der Waals surface area contributed by atoms with E-state index in [1.54, 1.807) is 6.92 Å². The summed E-state index contributed by atoms with van der Waals surface area (Å²) in [5, 5.41) is 4.61. The zero-order chi connectivity index (χ0) is 19.5. The highest BCUT2D eigenvalue weighted by molar-refractivity contribution is 6.15. The third kappa shape index (κ3) is 3.66. The van der Waals surface area contributed by atoms with Gasteiger partial charge in [0.2, 0.25) is 0 Å². The number of ketones is 1. The van der Waals surface area contributed by atoms with Crippen molar-refractivity contribution in [3.63, 3.8) is 0 Å². The highest BCUT2D eigenvalue weighted by atomic mass is 16.5. The second-order valence-corrected chi connectivity index (χ2v) is 7.18. The second kappa shape index (κ2) is 8.01. The number of methoxy groups -OCH3 is 1. The molecule has 1 atom stereocenters. The average Bonchev–Trinajstić information content (AvgIpc) is 3.00. The molecular weight excluding hydrogens is 336 g/mol. The molecule has 144 valence electrons. The molecule has 2 heterocycles. The van der Waals surface area contributed by atoms with Crippen LogP contribution in [0.15, 0.2) is 0 Å². The topological polar surface area (TPSA) is 87.5 Å². The normalized spacial score (nSPS) is 15.9. The lowest BCUT2D eigenvalue weighted by molar-refractivity contribution is -0.156. The molecule has 26 heavy (non-hydrogen) atoms. The number of Topliss-reactive ketones (excluding diaryl/α,β-unsaturated/α-hetero) is 1. The molecule has 0 spiro atoms. The predicted molar refractivity (Wildman–Crippen MR) is 95.0 cm³/mol. The Bertz CT molecular complexity index is 707. The lowest BCUT2D eigenvalue weighted by Gasteiger charge is -2.25. The summed E-state index contributed by atoms with van der Waals surface area (Å²) in [6.07, 6.45) is 2.36. The van der Waals surface area contributed by atoms with Gasteiger partial charge in [0.05, 0.1) is 31.4 Å². The van der Waals surface area contributed by atoms with Gasteiger partial charge in [-0.3, -0.25) is 19.1 Å². The molecule has 0 saturated carbocycles. The summed E-state index contributed by atoms with van der Waals surface area (Å²) < 4.78 is 11.7. The van der Waals surface area contributed by atoms with Crippen LogP contribution in [0.1, 0.15) is 74.6 Å². The maximum atomic E-state index is 13.5. The summed E-state index contributed by atoms with van der Waals surface area (Å²) >= 11 is 0. The first-order chi connectivity index (χ1) is 12.3. The third-order valence-electron chi connectivity index (χ3n) is 4.83. The number of hydrogen-bond acceptors (Lipinski definition) is 6. The van der Waals surface area contributed by atoms with Crippen LogP contribution in [0.4, 0.5) is 0 Å². The minimum absolute atomic E-state index is 0.0246. The van der Waals surface area contributed by atoms with Crippen LogP contribution >= 0.6 is 0 Å². The van der Waals surface area contributed by atoms with E-state index in [0.717, 1.165) is 31.5 Å². The SMILES string of the molecule is CCOC(=O)CC(C)(C(=O)OC)C(=O)c1c(C(C)C)nn2c1CCCC2. The van der Waals surface area contributed by atoms with Crippen LogP contribution in [0.25, 0.3) is 0 Å². The van der Waals surface area contributed by atoms with Crippen LogP contribution in [0.3, 0.4) is 0 Å². The molecule has 1 aliphatic rings. The number of nitrogens with zero attached hydrogens (tertiary/aromatic N) is 2. The number of carbonyl (C=O) groups excluding carboxylic acids is 3. The molecule has 0 saturated heterocycles. The number of ether oxygens (including phenoxy) is 2. The van der Waals surface area contributed by atoms with Crippen molar-refractivity contribution in [2.24, 2.45) is 5.41 Å². The number of carbonyl (C=O) groups is 3. The van der Waals surface area contributed by atoms with Gasteiger partial charge in [0.25, 0.3) is 0 Å². The fourth-order valence-corrected chi connectivity index (χ4v) is 3.41. The lowest BCUT2D eigenvalue weighted by Crippen LogP contribution is -2.41. The van der Waals surface area contributed by atoms with Crippen molar-refractivity contribution in [3.05, 3.63) is 17.0 Å². The van der Waals surface area contributed by atoms with Crippen molar-refractivity contribution in [3.8, 4) is 0 Å². The summed E-state index contributed by atoms with van der Waals surface area (Å²) in [5.74, 6) is -1.72. The van der Waals surface area contributed by atoms with Crippen molar-refractivity contribution >= 4 is 17.7 Å². The minimum atomic E-state index is -1.63. The number of rotatable bonds is 7. The Morgan fingerprint density at radius 3 is 2.54 bits per heavy atom. The summed E-state index contributed by atoms with van der Waals surface area (Å²) in [6, 6.07) is 0. The van der Waals surface area contributed by atoms with Gasteiger partial charge in [0.1, 0.15) is 5.41 Å². The van der Waals surface area contributed by atoms with Crippen molar-refractivity contribution in [1.82, 2.24) is 9.78 Å². The summed E-state index contributed by atoms with van der Waals surface area (Å²) in [6.45, 7) is 8.01. The van der Waals surface area contributed by atoms with E-state index in [-0.39, 0.29) is 18.9 Å². The Hall–Kier alpha value is -2.18. The molecular formula is C19H28N2O5. The molecule has 0 amide bonds. The summed E-state index contributed by atoms with van der Waals surface area (Å²) in [7, 11) is 1.22. The molecule has 0 aliphatic carbocycles. The Morgan fingerprint density at radius 2 is 1.96 bits per heavy atom. The Morgan fingerprint density at radius 1 is 1.27 bits per heavy atom. The van der Waals surface area contributed by atoms with Crippen molar-refractivity contribution in [1.29, 1.82) is 0 Å². The van der Waals surface area contributed by atoms with E-state index >= 15 is 0 Å². The molecule has 1 aromatic heterocycles. The molecule has 7 heteroatoms. The maximum absolute atomic E-state index is 13.5. The number of fused-ring (bicyclic) bond motifs is 1. The van der Waals surface area contributed by atoms with Gasteiger partial charge in [0, 0.05) is 12.2 Å². The van der Waals surface area contributed by atoms with Gasteiger partial charge in [-0.05, 0) is 39.0 Å². The molecule has 0 fully saturated rings. The van der Waals surface area contributed by atoms with Crippen LogP contribution in [0, 0.1) is 5.41 Å². The number of hydrogen-bond donors (Lipinski definition) is 0. The van der Waals surface area contributed by atoms with Crippen molar-refractivity contribution in [2.45, 2.75) is 65.8 Å². The first-order valence-electron chi connectivity index (χ1n) is 9.14. The van der Waals surface area contributed by atoms with Crippen molar-refractivity contribution in [2.75, 3.05) is 13.7 Å². The number of aromatic nitrogens is 2. The zero-order valence-corrected chi connectivity index (χ0v) is 16.3. The van der Waals surface area contributed by atoms with Crippen molar-refractivity contribution < 1.29 is 23.9 Å². The first-order valence-corrected chi connectivity index (χ1v) is 9.14. The highest BCUT2D eigenvalue weighted by Gasteiger charge is 2.47. The predicted octanol–water partition coefficient (Wildman–Crippen LogP) is 2.66. The molecule has 0 N–H and O–H groups in total. The van der Waals surface area contributed by atoms with E-state index in [1.165, 1.54) is 14.0 Å². The average molecular weight is 364 g/mol. The van der Waals surface area contributed by atoms with Gasteiger partial charge in [-0.25, -0.2) is 0 Å². The maximum Gasteiger partial charge on any atom is 0.320 e. The van der Waals surface area contributed by atoms with E-state index in [1.807, 2.05) is 18.5 Å². The molecule has 1 unspecified atom stereocenters. The smallest absolute Gasteiger partial charge is 0.320 e. The van der Waals surface area contributed by atoms with Gasteiger partial charge >= 0.3 is 11.9 Å². The van der Waals surface area contributed by atoms with Gasteiger partial charge in [-0.1, -0.05) is 13.8 Å². The monoisotopic (exact) mass is 364 g/mol. The van der Waals surface area contributed by atoms with E-state index in [2.05, 4.69) is 5.10 Å². The molecule has 2 rings (SSSR count). The molecule has 0 bridgehead atoms. The van der Waals surface area contributed by atoms with E-state index in [9.17, 15) is 14.4 Å². The molecule has 7 nitrogen and oxygen atoms in total. The van der Waals surface area contributed by atoms with Gasteiger partial charge in [-0.2, -0.15) is 5.10 Å². The quantitative estimate of drug-likeness (QED) is 0.420. The third-order valence-corrected chi connectivity index (χ3v) is 4.83. The highest BCUT2D eigenvalue weighted by Crippen LogP contribution is 2.35. The fraction of sp³-hybridized carbons (Fsp3) is 0.684. The van der Waals surface area contributed by atoms with Gasteiger partial charge in [0.15, 0.2) is 5.78 Å². The zero-order valence-electron chi connectivity index (χ0n) is 16.3. The van der Waals surface area contributed by atoms with Crippen LogP contribution in [0.5, 0.6) is 0 Å². The second-order valence-electron chi connectivity index (χ2n) is 7.18. The van der Waals surface area contributed by atoms with Crippen LogP contribution in [-0.2, 0) is 32.0 Å². The van der Waals surface area contributed by atoms with Crippen LogP contribution < -0.4 is 0 Å². The summed E-state index contributed by atoms with van der Waals surface area (Å²) in [4.78, 5) is 38.0. The standard InChI is InChI=1S/C19H28N2O5/c1-6-26-14(22)11-19(4,18(24)25-5)17(23)15-13-9-7-8-10-21(13)20-16(15)12(2)3/h12H,6-11H2,1-5H3. The Balaban J connectivity index is 2.53. The number of aryl methyl sites for hydroxylation is 1. The Labute approximate surface area is 154 Å². The van der Waals surface area contributed by atoms with Crippen LogP contribution in [0.2, 0.25) is 0 Å². The largest absolute Gasteiger partial charge is 0.468 e. The molecule has 1 aliphatic heterocycles. The number of esters is 2. The fourth-order valence-electron chi connectivity index (χ4n) is 3.41. The van der Waals surface area contributed by atoms with E-state index in [0.29, 0.717) is 11.3 Å². The van der Waals surface area contributed by atoms with Crippen LogP contribution in [-0.4, -0.2) is 41.2 Å². The lowest BCUT2D eigenvalue weighted by atomic mass is 9.77. The molecule has 1 aromatic rings. The minimum Gasteiger partial charge on any atom is -0.468 e. The Kier molecular flexibility index (Phi) is 6.21. The van der Waals surface area contributed by atoms with E-state index < -0.39 is 23.1 Å². The van der Waals surface area contributed by atoms with Gasteiger partial charge < -0.3 is 9.47 Å². The first kappa shape index (κ1) is 20.1. The van der Waals surface area contributed by atoms with Gasteiger partial charge in [-0.15, -0.1) is 0 Å².